The number of amides is 1. The van der Waals surface area contributed by atoms with Gasteiger partial charge in [-0.2, -0.15) is 5.26 Å². The SMILES string of the molecule is N#Cc1ncn(CC(=O)Nc2ccc(Br)cn2)n1. The minimum Gasteiger partial charge on any atom is -0.309 e. The van der Waals surface area contributed by atoms with Crippen LogP contribution in [0.5, 0.6) is 0 Å². The molecule has 0 atom stereocenters. The molecule has 2 aromatic heterocycles. The first-order valence-corrected chi connectivity index (χ1v) is 5.67. The van der Waals surface area contributed by atoms with Crippen molar-refractivity contribution in [3.8, 4) is 6.07 Å². The molecule has 1 N–H and O–H groups in total. The summed E-state index contributed by atoms with van der Waals surface area (Å²) >= 11 is 3.25. The molecule has 2 heterocycles. The fourth-order valence-corrected chi connectivity index (χ4v) is 1.44. The predicted octanol–water partition coefficient (Wildman–Crippen LogP) is 0.946. The van der Waals surface area contributed by atoms with Crippen molar-refractivity contribution in [1.82, 2.24) is 19.7 Å². The van der Waals surface area contributed by atoms with Gasteiger partial charge in [-0.05, 0) is 28.1 Å². The van der Waals surface area contributed by atoms with Gasteiger partial charge in [-0.15, -0.1) is 5.10 Å². The number of halogens is 1. The largest absolute Gasteiger partial charge is 0.309 e. The highest BCUT2D eigenvalue weighted by atomic mass is 79.9. The molecule has 0 unspecified atom stereocenters. The van der Waals surface area contributed by atoms with Crippen molar-refractivity contribution in [2.24, 2.45) is 0 Å². The number of carbonyl (C=O) groups is 1. The van der Waals surface area contributed by atoms with Gasteiger partial charge in [-0.25, -0.2) is 14.6 Å². The molecule has 7 nitrogen and oxygen atoms in total. The average Bonchev–Trinajstić information content (AvgIpc) is 2.79. The first kappa shape index (κ1) is 12.2. The van der Waals surface area contributed by atoms with Crippen LogP contribution in [0.3, 0.4) is 0 Å². The molecule has 1 amide bonds. The maximum Gasteiger partial charge on any atom is 0.252 e. The zero-order valence-electron chi connectivity index (χ0n) is 9.04. The molecule has 90 valence electrons. The summed E-state index contributed by atoms with van der Waals surface area (Å²) in [5, 5.41) is 14.9. The third-order valence-corrected chi connectivity index (χ3v) is 2.41. The summed E-state index contributed by atoms with van der Waals surface area (Å²) < 4.78 is 2.11. The third kappa shape index (κ3) is 3.11. The van der Waals surface area contributed by atoms with Crippen LogP contribution >= 0.6 is 15.9 Å². The van der Waals surface area contributed by atoms with Crippen molar-refractivity contribution in [2.75, 3.05) is 5.32 Å². The summed E-state index contributed by atoms with van der Waals surface area (Å²) in [4.78, 5) is 19.3. The van der Waals surface area contributed by atoms with Gasteiger partial charge in [-0.1, -0.05) is 0 Å². The Labute approximate surface area is 111 Å². The zero-order valence-corrected chi connectivity index (χ0v) is 10.6. The van der Waals surface area contributed by atoms with E-state index in [4.69, 9.17) is 5.26 Å². The number of aromatic nitrogens is 4. The maximum absolute atomic E-state index is 11.6. The first-order valence-electron chi connectivity index (χ1n) is 4.88. The van der Waals surface area contributed by atoms with Gasteiger partial charge in [-0.3, -0.25) is 4.79 Å². The summed E-state index contributed by atoms with van der Waals surface area (Å²) in [7, 11) is 0. The van der Waals surface area contributed by atoms with Crippen molar-refractivity contribution in [2.45, 2.75) is 6.54 Å². The van der Waals surface area contributed by atoms with Gasteiger partial charge in [0.1, 0.15) is 24.8 Å². The molecule has 0 aliphatic carbocycles. The van der Waals surface area contributed by atoms with Crippen LogP contribution in [0.15, 0.2) is 29.1 Å². The molecule has 0 saturated carbocycles. The van der Waals surface area contributed by atoms with E-state index in [0.717, 1.165) is 4.47 Å². The monoisotopic (exact) mass is 306 g/mol. The second-order valence-corrected chi connectivity index (χ2v) is 4.20. The molecule has 0 saturated heterocycles. The summed E-state index contributed by atoms with van der Waals surface area (Å²) in [5.74, 6) is 0.188. The fourth-order valence-electron chi connectivity index (χ4n) is 1.20. The van der Waals surface area contributed by atoms with Gasteiger partial charge in [0.25, 0.3) is 5.82 Å². The van der Waals surface area contributed by atoms with Crippen LogP contribution < -0.4 is 5.32 Å². The van der Waals surface area contributed by atoms with Crippen LogP contribution in [0.1, 0.15) is 5.82 Å². The topological polar surface area (TPSA) is 96.5 Å². The van der Waals surface area contributed by atoms with Crippen LogP contribution in [-0.2, 0) is 11.3 Å². The Bertz CT molecular complexity index is 600. The summed E-state index contributed by atoms with van der Waals surface area (Å²) in [6.07, 6.45) is 2.91. The summed E-state index contributed by atoms with van der Waals surface area (Å²) in [6, 6.07) is 5.22. The smallest absolute Gasteiger partial charge is 0.252 e. The van der Waals surface area contributed by atoms with Gasteiger partial charge in [0.15, 0.2) is 0 Å². The number of carbonyl (C=O) groups excluding carboxylic acids is 1. The molecule has 2 rings (SSSR count). The van der Waals surface area contributed by atoms with E-state index in [1.54, 1.807) is 24.4 Å². The minimum absolute atomic E-state index is 0.0214. The molecule has 0 radical (unpaired) electrons. The summed E-state index contributed by atoms with van der Waals surface area (Å²) in [6.45, 7) is -0.0214. The predicted molar refractivity (Wildman–Crippen MR) is 65.3 cm³/mol. The van der Waals surface area contributed by atoms with Gasteiger partial charge >= 0.3 is 0 Å². The van der Waals surface area contributed by atoms with Crippen molar-refractivity contribution < 1.29 is 4.79 Å². The molecule has 0 aromatic carbocycles. The fraction of sp³-hybridized carbons (Fsp3) is 0.100. The van der Waals surface area contributed by atoms with Gasteiger partial charge in [0, 0.05) is 10.7 Å². The number of nitrogens with zero attached hydrogens (tertiary/aromatic N) is 5. The van der Waals surface area contributed by atoms with E-state index in [-0.39, 0.29) is 18.3 Å². The van der Waals surface area contributed by atoms with Gasteiger partial charge in [0.2, 0.25) is 5.91 Å². The lowest BCUT2D eigenvalue weighted by Gasteiger charge is -2.03. The Hall–Kier alpha value is -2.27. The van der Waals surface area contributed by atoms with Crippen LogP contribution in [0.2, 0.25) is 0 Å². The highest BCUT2D eigenvalue weighted by molar-refractivity contribution is 9.10. The quantitative estimate of drug-likeness (QED) is 0.910. The molecular weight excluding hydrogens is 300 g/mol. The molecule has 0 bridgehead atoms. The second kappa shape index (κ2) is 5.37. The van der Waals surface area contributed by atoms with Crippen molar-refractivity contribution in [3.05, 3.63) is 35.0 Å². The van der Waals surface area contributed by atoms with Crippen LogP contribution in [0.4, 0.5) is 5.82 Å². The highest BCUT2D eigenvalue weighted by Gasteiger charge is 2.06. The van der Waals surface area contributed by atoms with Gasteiger partial charge < -0.3 is 5.32 Å². The van der Waals surface area contributed by atoms with Crippen molar-refractivity contribution in [1.29, 1.82) is 5.26 Å². The zero-order chi connectivity index (χ0) is 13.0. The molecule has 0 spiro atoms. The third-order valence-electron chi connectivity index (χ3n) is 1.94. The Morgan fingerprint density at radius 3 is 2.94 bits per heavy atom. The van der Waals surface area contributed by atoms with Crippen LogP contribution in [-0.4, -0.2) is 25.7 Å². The Balaban J connectivity index is 1.96. The lowest BCUT2D eigenvalue weighted by Crippen LogP contribution is -2.19. The van der Waals surface area contributed by atoms with E-state index in [1.165, 1.54) is 11.0 Å². The number of nitrogens with one attached hydrogen (secondary N) is 1. The normalized spacial score (nSPS) is 9.78. The minimum atomic E-state index is -0.292. The lowest BCUT2D eigenvalue weighted by molar-refractivity contribution is -0.116. The molecule has 0 aliphatic rings. The lowest BCUT2D eigenvalue weighted by atomic mass is 10.4. The number of anilines is 1. The van der Waals surface area contributed by atoms with Crippen LogP contribution in [0.25, 0.3) is 0 Å². The van der Waals surface area contributed by atoms with E-state index in [9.17, 15) is 4.79 Å². The van der Waals surface area contributed by atoms with E-state index < -0.39 is 0 Å². The van der Waals surface area contributed by atoms with E-state index in [0.29, 0.717) is 5.82 Å². The molecule has 8 heteroatoms. The molecule has 0 aliphatic heterocycles. The second-order valence-electron chi connectivity index (χ2n) is 3.29. The van der Waals surface area contributed by atoms with Crippen LogP contribution in [0, 0.1) is 11.3 Å². The Morgan fingerprint density at radius 1 is 1.50 bits per heavy atom. The number of pyridine rings is 1. The number of nitriles is 1. The molecule has 18 heavy (non-hydrogen) atoms. The van der Waals surface area contributed by atoms with Gasteiger partial charge in [0.05, 0.1) is 0 Å². The standard InChI is InChI=1S/C10H7BrN6O/c11-7-1-2-8(13-4-7)15-10(18)5-17-6-14-9(3-12)16-17/h1-2,4,6H,5H2,(H,13,15,18). The van der Waals surface area contributed by atoms with E-state index in [1.807, 2.05) is 0 Å². The Kier molecular flexibility index (Phi) is 3.64. The molecular formula is C10H7BrN6O. The number of hydrogen-bond acceptors (Lipinski definition) is 5. The summed E-state index contributed by atoms with van der Waals surface area (Å²) in [5.41, 5.74) is 0. The number of rotatable bonds is 3. The first-order chi connectivity index (χ1) is 8.67. The maximum atomic E-state index is 11.6. The molecule has 0 fully saturated rings. The Morgan fingerprint density at radius 2 is 2.33 bits per heavy atom. The molecule has 2 aromatic rings. The van der Waals surface area contributed by atoms with Crippen molar-refractivity contribution in [3.63, 3.8) is 0 Å². The van der Waals surface area contributed by atoms with E-state index >= 15 is 0 Å². The highest BCUT2D eigenvalue weighted by Crippen LogP contribution is 2.10. The average molecular weight is 307 g/mol. The van der Waals surface area contributed by atoms with Crippen molar-refractivity contribution >= 4 is 27.7 Å². The number of hydrogen-bond donors (Lipinski definition) is 1. The van der Waals surface area contributed by atoms with E-state index in [2.05, 4.69) is 36.3 Å².